The number of carbonyl (C=O) groups excluding carboxylic acids is 1. The molecule has 0 spiro atoms. The first-order chi connectivity index (χ1) is 11.9. The molecule has 0 saturated heterocycles. The summed E-state index contributed by atoms with van der Waals surface area (Å²) in [6.07, 6.45) is 2.26. The molecule has 0 radical (unpaired) electrons. The number of nitrogens with zero attached hydrogens (tertiary/aromatic N) is 4. The second kappa shape index (κ2) is 8.82. The van der Waals surface area contributed by atoms with E-state index >= 15 is 0 Å². The first-order valence-corrected chi connectivity index (χ1v) is 8.28. The van der Waals surface area contributed by atoms with Gasteiger partial charge in [0.1, 0.15) is 6.34 Å². The average Bonchev–Trinajstić information content (AvgIpc) is 3.03. The Hall–Kier alpha value is -2.13. The number of aliphatic imine (C=N–C) groups is 1. The number of rotatable bonds is 8. The van der Waals surface area contributed by atoms with E-state index < -0.39 is 18.1 Å². The third-order valence-corrected chi connectivity index (χ3v) is 3.71. The molecule has 0 saturated carbocycles. The van der Waals surface area contributed by atoms with Gasteiger partial charge in [-0.15, -0.1) is 0 Å². The van der Waals surface area contributed by atoms with E-state index in [1.165, 1.54) is 12.8 Å². The molecule has 1 aliphatic rings. The van der Waals surface area contributed by atoms with Crippen LogP contribution < -0.4 is 0 Å². The summed E-state index contributed by atoms with van der Waals surface area (Å²) in [6.45, 7) is 2.40. The zero-order chi connectivity index (χ0) is 18.3. The Morgan fingerprint density at radius 3 is 2.84 bits per heavy atom. The molecule has 0 aliphatic carbocycles. The molecule has 1 aromatic heterocycles. The van der Waals surface area contributed by atoms with Crippen molar-refractivity contribution in [1.29, 1.82) is 0 Å². The van der Waals surface area contributed by atoms with Gasteiger partial charge in [-0.05, 0) is 6.42 Å². The van der Waals surface area contributed by atoms with Gasteiger partial charge in [0.15, 0.2) is 5.82 Å². The van der Waals surface area contributed by atoms with Crippen LogP contribution in [0.3, 0.4) is 0 Å². The number of hydrogen-bond donors (Lipinski definition) is 0. The highest BCUT2D eigenvalue weighted by molar-refractivity contribution is 5.76. The van der Waals surface area contributed by atoms with Crippen LogP contribution in [0.25, 0.3) is 0 Å². The Balaban J connectivity index is 1.84. The van der Waals surface area contributed by atoms with Gasteiger partial charge in [0.05, 0.1) is 19.0 Å². The predicted molar refractivity (Wildman–Crippen MR) is 81.7 cm³/mol. The summed E-state index contributed by atoms with van der Waals surface area (Å²) in [5.41, 5.74) is 0. The van der Waals surface area contributed by atoms with Crippen molar-refractivity contribution in [2.75, 3.05) is 13.1 Å². The molecule has 1 aromatic rings. The molecule has 140 valence electrons. The van der Waals surface area contributed by atoms with Gasteiger partial charge in [-0.1, -0.05) is 37.8 Å². The molecule has 0 bridgehead atoms. The van der Waals surface area contributed by atoms with E-state index in [2.05, 4.69) is 26.9 Å². The topological polar surface area (TPSA) is 80.8 Å². The first kappa shape index (κ1) is 19.2. The third-order valence-electron chi connectivity index (χ3n) is 3.71. The Kier molecular flexibility index (Phi) is 6.77. The van der Waals surface area contributed by atoms with Crippen molar-refractivity contribution in [3.8, 4) is 0 Å². The molecule has 0 fully saturated rings. The van der Waals surface area contributed by atoms with Gasteiger partial charge in [-0.3, -0.25) is 4.99 Å². The normalized spacial score (nSPS) is 17.8. The van der Waals surface area contributed by atoms with Gasteiger partial charge in [0.2, 0.25) is 5.89 Å². The van der Waals surface area contributed by atoms with Crippen LogP contribution in [0.4, 0.5) is 13.2 Å². The Labute approximate surface area is 143 Å². The number of hydroxylamine groups is 2. The van der Waals surface area contributed by atoms with Gasteiger partial charge < -0.3 is 9.36 Å². The van der Waals surface area contributed by atoms with Crippen molar-refractivity contribution in [3.05, 3.63) is 11.7 Å². The summed E-state index contributed by atoms with van der Waals surface area (Å²) in [7, 11) is 0. The highest BCUT2D eigenvalue weighted by Crippen LogP contribution is 2.22. The van der Waals surface area contributed by atoms with Crippen molar-refractivity contribution in [1.82, 2.24) is 15.2 Å². The second-order valence-electron chi connectivity index (χ2n) is 5.87. The quantitative estimate of drug-likeness (QED) is 0.661. The fourth-order valence-corrected chi connectivity index (χ4v) is 2.38. The molecule has 0 amide bonds. The molecular formula is C15H21F3N4O3. The SMILES string of the molecule is CCCCCCCc1noc(C2CN=CN(OC(=O)C(F)(F)F)C2)n1. The van der Waals surface area contributed by atoms with Gasteiger partial charge in [0.25, 0.3) is 0 Å². The van der Waals surface area contributed by atoms with Gasteiger partial charge in [-0.2, -0.15) is 23.2 Å². The summed E-state index contributed by atoms with van der Waals surface area (Å²) >= 11 is 0. The van der Waals surface area contributed by atoms with Crippen molar-refractivity contribution in [2.45, 2.75) is 57.5 Å². The maximum atomic E-state index is 12.2. The molecule has 10 heteroatoms. The lowest BCUT2D eigenvalue weighted by molar-refractivity contribution is -0.225. The summed E-state index contributed by atoms with van der Waals surface area (Å²) < 4.78 is 41.9. The third kappa shape index (κ3) is 6.02. The number of hydrogen-bond acceptors (Lipinski definition) is 7. The smallest absolute Gasteiger partial charge is 0.339 e. The van der Waals surface area contributed by atoms with Crippen LogP contribution >= 0.6 is 0 Å². The maximum Gasteiger partial charge on any atom is 0.493 e. The number of unbranched alkanes of at least 4 members (excludes halogenated alkanes) is 4. The lowest BCUT2D eigenvalue weighted by atomic mass is 10.1. The van der Waals surface area contributed by atoms with Crippen molar-refractivity contribution < 1.29 is 27.3 Å². The number of aromatic nitrogens is 2. The van der Waals surface area contributed by atoms with E-state index in [0.717, 1.165) is 30.7 Å². The number of alkyl halides is 3. The van der Waals surface area contributed by atoms with E-state index in [-0.39, 0.29) is 19.0 Å². The zero-order valence-corrected chi connectivity index (χ0v) is 14.0. The van der Waals surface area contributed by atoms with E-state index in [1.807, 2.05) is 0 Å². The lowest BCUT2D eigenvalue weighted by Gasteiger charge is -2.25. The molecule has 0 aromatic carbocycles. The summed E-state index contributed by atoms with van der Waals surface area (Å²) in [5, 5.41) is 4.62. The molecule has 1 atom stereocenters. The van der Waals surface area contributed by atoms with Crippen LogP contribution in [0.15, 0.2) is 9.52 Å². The summed E-state index contributed by atoms with van der Waals surface area (Å²) in [6, 6.07) is 0. The first-order valence-electron chi connectivity index (χ1n) is 8.28. The minimum Gasteiger partial charge on any atom is -0.339 e. The average molecular weight is 362 g/mol. The number of aryl methyl sites for hydroxylation is 1. The monoisotopic (exact) mass is 362 g/mol. The minimum atomic E-state index is -5.06. The van der Waals surface area contributed by atoms with Crippen LogP contribution in [0, 0.1) is 0 Å². The number of halogens is 3. The van der Waals surface area contributed by atoms with Gasteiger partial charge in [-0.25, -0.2) is 4.79 Å². The predicted octanol–water partition coefficient (Wildman–Crippen LogP) is 3.03. The fourth-order valence-electron chi connectivity index (χ4n) is 2.38. The second-order valence-corrected chi connectivity index (χ2v) is 5.87. The molecule has 7 nitrogen and oxygen atoms in total. The van der Waals surface area contributed by atoms with Crippen molar-refractivity contribution in [2.24, 2.45) is 4.99 Å². The number of carbonyl (C=O) groups is 1. The van der Waals surface area contributed by atoms with Gasteiger partial charge in [0, 0.05) is 6.42 Å². The van der Waals surface area contributed by atoms with E-state index in [9.17, 15) is 18.0 Å². The Morgan fingerprint density at radius 2 is 2.12 bits per heavy atom. The van der Waals surface area contributed by atoms with E-state index in [1.54, 1.807) is 0 Å². The largest absolute Gasteiger partial charge is 0.493 e. The van der Waals surface area contributed by atoms with Crippen LogP contribution in [0.1, 0.15) is 56.7 Å². The molecule has 1 aliphatic heterocycles. The highest BCUT2D eigenvalue weighted by atomic mass is 19.4. The molecule has 2 heterocycles. The highest BCUT2D eigenvalue weighted by Gasteiger charge is 2.43. The molecule has 1 unspecified atom stereocenters. The van der Waals surface area contributed by atoms with Crippen LogP contribution in [-0.4, -0.2) is 46.8 Å². The summed E-state index contributed by atoms with van der Waals surface area (Å²) in [4.78, 5) is 23.3. The standard InChI is InChI=1S/C15H21F3N4O3/c1-2-3-4-5-6-7-12-20-13(24-21-12)11-8-19-10-22(9-11)25-14(23)15(16,17)18/h10-11H,2-9H2,1H3. The zero-order valence-electron chi connectivity index (χ0n) is 14.0. The lowest BCUT2D eigenvalue weighted by Crippen LogP contribution is -2.39. The summed E-state index contributed by atoms with van der Waals surface area (Å²) in [5.74, 6) is -1.86. The minimum absolute atomic E-state index is 0.0244. The molecule has 25 heavy (non-hydrogen) atoms. The molecule has 2 rings (SSSR count). The molecular weight excluding hydrogens is 341 g/mol. The van der Waals surface area contributed by atoms with Crippen LogP contribution in [0.2, 0.25) is 0 Å². The van der Waals surface area contributed by atoms with Crippen molar-refractivity contribution >= 4 is 12.3 Å². The molecule has 0 N–H and O–H groups in total. The van der Waals surface area contributed by atoms with Crippen LogP contribution in [0.5, 0.6) is 0 Å². The van der Waals surface area contributed by atoms with Crippen molar-refractivity contribution in [3.63, 3.8) is 0 Å². The van der Waals surface area contributed by atoms with E-state index in [0.29, 0.717) is 12.2 Å². The fraction of sp³-hybridized carbons (Fsp3) is 0.733. The van der Waals surface area contributed by atoms with Gasteiger partial charge >= 0.3 is 12.1 Å². The van der Waals surface area contributed by atoms with Crippen LogP contribution in [-0.2, 0) is 16.1 Å². The van der Waals surface area contributed by atoms with E-state index in [4.69, 9.17) is 4.52 Å². The maximum absolute atomic E-state index is 12.2. The Bertz CT molecular complexity index is 589. The Morgan fingerprint density at radius 1 is 1.36 bits per heavy atom.